The molecule has 2 aromatic carbocycles. The van der Waals surface area contributed by atoms with Crippen LogP contribution in [0.1, 0.15) is 87.8 Å². The van der Waals surface area contributed by atoms with Crippen molar-refractivity contribution in [3.8, 4) is 0 Å². The van der Waals surface area contributed by atoms with Crippen LogP contribution in [-0.2, 0) is 41.5 Å². The summed E-state index contributed by atoms with van der Waals surface area (Å²) in [5, 5.41) is 4.83. The molecule has 2 aromatic rings. The fourth-order valence-electron chi connectivity index (χ4n) is 4.81. The first-order chi connectivity index (χ1) is 26.9. The number of hydrogen-bond acceptors (Lipinski definition) is 8. The van der Waals surface area contributed by atoms with Crippen LogP contribution in [0.5, 0.6) is 0 Å². The maximum atomic E-state index is 14.4. The number of carbonyl (C=O) groups is 5. The van der Waals surface area contributed by atoms with Crippen molar-refractivity contribution in [2.24, 2.45) is 39.7 Å². The Morgan fingerprint density at radius 1 is 0.880 bits per heavy atom. The van der Waals surface area contributed by atoms with Gasteiger partial charge < -0.3 is 38.3 Å². The number of carbonyl (C=O) groups excluding carboxylic acids is 5. The number of Topliss-reactive ketones (excluding diaryl/α,β-unsaturated/α-hetero) is 1. The number of primary amides is 1. The van der Waals surface area contributed by atoms with Crippen LogP contribution < -0.4 is 33.6 Å². The monoisotopic (exact) mass is 701 g/mol. The van der Waals surface area contributed by atoms with Gasteiger partial charge in [0.2, 0.25) is 17.7 Å². The Morgan fingerprint density at radius 3 is 2.12 bits per heavy atom. The number of nitrogens with two attached hydrogens (primary N) is 4. The van der Waals surface area contributed by atoms with E-state index in [2.05, 4.69) is 15.6 Å². The van der Waals surface area contributed by atoms with Gasteiger partial charge in [-0.05, 0) is 83.3 Å². The van der Waals surface area contributed by atoms with E-state index >= 15 is 0 Å². The Morgan fingerprint density at radius 2 is 1.52 bits per heavy atom. The van der Waals surface area contributed by atoms with E-state index in [-0.39, 0.29) is 51.2 Å². The molecule has 10 N–H and O–H groups in total. The predicted octanol–water partition coefficient (Wildman–Crippen LogP) is 2.03. The molecule has 0 fully saturated rings. The summed E-state index contributed by atoms with van der Waals surface area (Å²) in [5.74, 6) is -9.93. The lowest BCUT2D eigenvalue weighted by Gasteiger charge is -2.26. The maximum absolute atomic E-state index is 14.4. The minimum atomic E-state index is -3.53. The number of benzene rings is 2. The van der Waals surface area contributed by atoms with E-state index in [1.165, 1.54) is 0 Å². The number of ketones is 1. The van der Waals surface area contributed by atoms with Crippen molar-refractivity contribution >= 4 is 35.4 Å². The molecule has 0 aromatic heterocycles. The van der Waals surface area contributed by atoms with Gasteiger partial charge in [-0.2, -0.15) is 0 Å². The molecule has 0 spiro atoms. The molecule has 0 aliphatic heterocycles. The standard InChI is InChI=1S/C37H55N7O6/c1-37(2,3)50-32(46)24-28(22-26-15-8-5-9-16-26)35(49)43-29(18-12-20-42-36(40)41)31(45)23-27(21-25-13-6-4-7-14-25)34(48)44-30(33(39)47)17-10-11-19-38/h4-9,13-16,27-30H,10-12,17-24,38H2,1-3H3,(H2,39,47)(H,43,49)(H,44,48)(H4,40,41,42)/t27-,28-,29-,30+/m1/s1/i4D,6D,7D,13D,14D,21D2,27D. The number of guanidine groups is 1. The number of unbranched alkanes of at least 4 members (excludes halogenated alkanes) is 1. The number of hydrogen-bond donors (Lipinski definition) is 6. The Labute approximate surface area is 306 Å². The third-order valence-corrected chi connectivity index (χ3v) is 7.18. The molecule has 0 unspecified atom stereocenters. The third-order valence-electron chi connectivity index (χ3n) is 7.18. The first-order valence-electron chi connectivity index (χ1n) is 20.4. The lowest BCUT2D eigenvalue weighted by atomic mass is 9.89. The number of nitrogens with one attached hydrogen (secondary N) is 2. The number of rotatable bonds is 22. The van der Waals surface area contributed by atoms with Gasteiger partial charge in [0.05, 0.1) is 25.2 Å². The third kappa shape index (κ3) is 16.6. The average Bonchev–Trinajstić information content (AvgIpc) is 3.12. The highest BCUT2D eigenvalue weighted by molar-refractivity contribution is 5.94. The minimum absolute atomic E-state index is 0.0301. The number of amides is 3. The fraction of sp³-hybridized carbons (Fsp3) is 0.514. The SMILES string of the molecule is [2H]c1c([2H])c([2H])c(C([2H])([2H])[C@]([2H])(CC(=O)[C@@H](CCCN=C(N)N)NC(=O)[C@@H](CC(=O)OC(C)(C)C)Cc2ccccc2)C(=O)N[C@@H](CCCCN)C(N)=O)c([2H])c1[2H]. The van der Waals surface area contributed by atoms with E-state index in [9.17, 15) is 25.3 Å². The Balaban J connectivity index is 2.73. The molecule has 13 nitrogen and oxygen atoms in total. The van der Waals surface area contributed by atoms with Gasteiger partial charge in [-0.3, -0.25) is 29.0 Å². The molecule has 0 aliphatic carbocycles. The molecule has 274 valence electrons. The first-order valence-corrected chi connectivity index (χ1v) is 16.4. The van der Waals surface area contributed by atoms with Crippen LogP contribution in [0.2, 0.25) is 0 Å². The molecular weight excluding hydrogens is 638 g/mol. The van der Waals surface area contributed by atoms with Gasteiger partial charge in [-0.15, -0.1) is 0 Å². The van der Waals surface area contributed by atoms with Gasteiger partial charge in [-0.1, -0.05) is 60.5 Å². The summed E-state index contributed by atoms with van der Waals surface area (Å²) in [5.41, 5.74) is 20.7. The molecule has 0 bridgehead atoms. The second kappa shape index (κ2) is 21.3. The number of ether oxygens (including phenoxy) is 1. The van der Waals surface area contributed by atoms with Crippen molar-refractivity contribution < 1.29 is 39.7 Å². The van der Waals surface area contributed by atoms with Gasteiger partial charge in [-0.25, -0.2) is 0 Å². The smallest absolute Gasteiger partial charge is 0.307 e. The summed E-state index contributed by atoms with van der Waals surface area (Å²) in [6.07, 6.45) is -4.83. The van der Waals surface area contributed by atoms with Crippen molar-refractivity contribution in [1.29, 1.82) is 0 Å². The van der Waals surface area contributed by atoms with Crippen LogP contribution in [0.4, 0.5) is 0 Å². The lowest BCUT2D eigenvalue weighted by molar-refractivity contribution is -0.157. The quantitative estimate of drug-likeness (QED) is 0.0455. The highest BCUT2D eigenvalue weighted by atomic mass is 16.6. The Kier molecular flexibility index (Phi) is 12.8. The molecule has 2 rings (SSSR count). The molecular formula is C37H55N7O6. The summed E-state index contributed by atoms with van der Waals surface area (Å²) in [6.45, 7) is 5.16. The van der Waals surface area contributed by atoms with Gasteiger partial charge in [0.15, 0.2) is 11.7 Å². The number of aliphatic imine (C=N–C) groups is 1. The maximum Gasteiger partial charge on any atom is 0.307 e. The van der Waals surface area contributed by atoms with Crippen LogP contribution in [-0.4, -0.2) is 66.2 Å². The zero-order valence-electron chi connectivity index (χ0n) is 36.9. The van der Waals surface area contributed by atoms with Crippen molar-refractivity contribution in [3.05, 3.63) is 71.7 Å². The van der Waals surface area contributed by atoms with Gasteiger partial charge in [0.1, 0.15) is 11.6 Å². The molecule has 4 atom stereocenters. The van der Waals surface area contributed by atoms with E-state index in [4.69, 9.17) is 37.3 Å². The van der Waals surface area contributed by atoms with E-state index in [1.54, 1.807) is 51.1 Å². The number of nitrogens with zero attached hydrogens (tertiary/aromatic N) is 1. The van der Waals surface area contributed by atoms with Crippen LogP contribution in [0.25, 0.3) is 0 Å². The van der Waals surface area contributed by atoms with E-state index in [0.717, 1.165) is 0 Å². The Hall–Kier alpha value is -4.78. The van der Waals surface area contributed by atoms with Crippen LogP contribution in [0.3, 0.4) is 0 Å². The van der Waals surface area contributed by atoms with E-state index in [0.29, 0.717) is 12.0 Å². The second-order valence-electron chi connectivity index (χ2n) is 12.6. The summed E-state index contributed by atoms with van der Waals surface area (Å²) in [7, 11) is 0. The second-order valence-corrected chi connectivity index (χ2v) is 12.6. The average molecular weight is 702 g/mol. The normalized spacial score (nSPS) is 16.8. The van der Waals surface area contributed by atoms with Crippen molar-refractivity contribution in [2.45, 2.75) is 96.2 Å². The minimum Gasteiger partial charge on any atom is -0.460 e. The predicted molar refractivity (Wildman–Crippen MR) is 193 cm³/mol. The summed E-state index contributed by atoms with van der Waals surface area (Å²) in [4.78, 5) is 72.0. The summed E-state index contributed by atoms with van der Waals surface area (Å²) in [6, 6.07) is 0.692. The molecule has 0 saturated heterocycles. The van der Waals surface area contributed by atoms with Gasteiger partial charge in [0.25, 0.3) is 0 Å². The molecule has 3 amide bonds. The molecule has 0 radical (unpaired) electrons. The molecule has 0 saturated carbocycles. The topological polar surface area (TPSA) is 235 Å². The van der Waals surface area contributed by atoms with Crippen LogP contribution in [0, 0.1) is 11.8 Å². The fourth-order valence-corrected chi connectivity index (χ4v) is 4.81. The highest BCUT2D eigenvalue weighted by Gasteiger charge is 2.32. The van der Waals surface area contributed by atoms with Crippen molar-refractivity contribution in [3.63, 3.8) is 0 Å². The van der Waals surface area contributed by atoms with Crippen molar-refractivity contribution in [2.75, 3.05) is 13.1 Å². The first kappa shape index (κ1) is 30.1. The van der Waals surface area contributed by atoms with E-state index < -0.39 is 114 Å². The molecule has 0 heterocycles. The Bertz CT molecular complexity index is 1800. The van der Waals surface area contributed by atoms with Crippen LogP contribution in [0.15, 0.2) is 65.5 Å². The number of esters is 1. The van der Waals surface area contributed by atoms with Crippen LogP contribution >= 0.6 is 0 Å². The zero-order valence-corrected chi connectivity index (χ0v) is 28.9. The van der Waals surface area contributed by atoms with Gasteiger partial charge in [0, 0.05) is 23.0 Å². The summed E-state index contributed by atoms with van der Waals surface area (Å²) < 4.78 is 74.3. The van der Waals surface area contributed by atoms with Gasteiger partial charge >= 0.3 is 5.97 Å². The molecule has 0 aliphatic rings. The largest absolute Gasteiger partial charge is 0.460 e. The lowest BCUT2D eigenvalue weighted by Crippen LogP contribution is -2.49. The molecule has 50 heavy (non-hydrogen) atoms. The summed E-state index contributed by atoms with van der Waals surface area (Å²) >= 11 is 0. The molecule has 13 heteroatoms. The zero-order chi connectivity index (χ0) is 44.2. The highest BCUT2D eigenvalue weighted by Crippen LogP contribution is 2.20. The van der Waals surface area contributed by atoms with Crippen molar-refractivity contribution in [1.82, 2.24) is 10.6 Å². The van der Waals surface area contributed by atoms with E-state index in [1.807, 2.05) is 0 Å².